The van der Waals surface area contributed by atoms with E-state index >= 15 is 0 Å². The Morgan fingerprint density at radius 3 is 2.49 bits per heavy atom. The summed E-state index contributed by atoms with van der Waals surface area (Å²) in [6.07, 6.45) is 2.07. The summed E-state index contributed by atoms with van der Waals surface area (Å²) in [5.74, 6) is 1.04. The van der Waals surface area contributed by atoms with Crippen LogP contribution >= 0.6 is 24.0 Å². The van der Waals surface area contributed by atoms with E-state index in [0.717, 1.165) is 28.1 Å². The van der Waals surface area contributed by atoms with Crippen LogP contribution < -0.4 is 10.2 Å². The SMILES string of the molecule is CSc1cccc(N2C(=S)NC(c3ccc(C)c(C)c3)C(c3nc(-c4ccccc4)no3)=C2C)c1. The molecule has 1 unspecified atom stereocenters. The van der Waals surface area contributed by atoms with Crippen molar-refractivity contribution in [1.29, 1.82) is 0 Å². The first-order valence-corrected chi connectivity index (χ1v) is 13.0. The van der Waals surface area contributed by atoms with Gasteiger partial charge in [-0.25, -0.2) is 0 Å². The summed E-state index contributed by atoms with van der Waals surface area (Å²) in [6.45, 7) is 6.30. The smallest absolute Gasteiger partial charge is 0.258 e. The first-order chi connectivity index (χ1) is 17.0. The largest absolute Gasteiger partial charge is 0.351 e. The Hall–Kier alpha value is -3.42. The van der Waals surface area contributed by atoms with Gasteiger partial charge in [0.1, 0.15) is 0 Å². The van der Waals surface area contributed by atoms with E-state index in [1.165, 1.54) is 16.0 Å². The van der Waals surface area contributed by atoms with Gasteiger partial charge in [-0.3, -0.25) is 4.90 Å². The van der Waals surface area contributed by atoms with Crippen molar-refractivity contribution in [3.63, 3.8) is 0 Å². The van der Waals surface area contributed by atoms with Crippen molar-refractivity contribution in [1.82, 2.24) is 15.5 Å². The van der Waals surface area contributed by atoms with E-state index in [9.17, 15) is 0 Å². The molecule has 0 saturated heterocycles. The summed E-state index contributed by atoms with van der Waals surface area (Å²) in [6, 6.07) is 24.5. The zero-order chi connectivity index (χ0) is 24.5. The second-order valence-electron chi connectivity index (χ2n) is 8.55. The number of allylic oxidation sites excluding steroid dienone is 1. The number of thiocarbonyl (C=S) groups is 1. The van der Waals surface area contributed by atoms with Gasteiger partial charge in [-0.15, -0.1) is 11.8 Å². The maximum atomic E-state index is 5.89. The Morgan fingerprint density at radius 2 is 1.74 bits per heavy atom. The van der Waals surface area contributed by atoms with Gasteiger partial charge in [-0.2, -0.15) is 4.98 Å². The predicted octanol–water partition coefficient (Wildman–Crippen LogP) is 6.94. The van der Waals surface area contributed by atoms with Gasteiger partial charge in [-0.1, -0.05) is 59.8 Å². The summed E-state index contributed by atoms with van der Waals surface area (Å²) >= 11 is 7.59. The van der Waals surface area contributed by atoms with Gasteiger partial charge in [0.05, 0.1) is 11.6 Å². The summed E-state index contributed by atoms with van der Waals surface area (Å²) < 4.78 is 5.87. The number of aryl methyl sites for hydroxylation is 2. The lowest BCUT2D eigenvalue weighted by atomic mass is 9.92. The second-order valence-corrected chi connectivity index (χ2v) is 9.82. The van der Waals surface area contributed by atoms with Crippen LogP contribution in [0.1, 0.15) is 35.5 Å². The van der Waals surface area contributed by atoms with Crippen molar-refractivity contribution in [3.8, 4) is 11.4 Å². The summed E-state index contributed by atoms with van der Waals surface area (Å²) in [5, 5.41) is 8.49. The van der Waals surface area contributed by atoms with E-state index in [1.54, 1.807) is 11.8 Å². The number of aromatic nitrogens is 2. The monoisotopic (exact) mass is 498 g/mol. The van der Waals surface area contributed by atoms with Gasteiger partial charge >= 0.3 is 0 Å². The van der Waals surface area contributed by atoms with Crippen molar-refractivity contribution in [2.24, 2.45) is 0 Å². The fraction of sp³-hybridized carbons (Fsp3) is 0.179. The quantitative estimate of drug-likeness (QED) is 0.236. The van der Waals surface area contributed by atoms with Gasteiger partial charge in [0.25, 0.3) is 5.89 Å². The number of hydrogen-bond donors (Lipinski definition) is 1. The van der Waals surface area contributed by atoms with Gasteiger partial charge in [0, 0.05) is 21.8 Å². The molecule has 35 heavy (non-hydrogen) atoms. The Labute approximate surface area is 215 Å². The van der Waals surface area contributed by atoms with Gasteiger partial charge < -0.3 is 9.84 Å². The molecule has 2 heterocycles. The summed E-state index contributed by atoms with van der Waals surface area (Å²) in [7, 11) is 0. The average Bonchev–Trinajstić information content (AvgIpc) is 3.36. The van der Waals surface area contributed by atoms with Crippen LogP contribution in [-0.2, 0) is 0 Å². The van der Waals surface area contributed by atoms with Crippen LogP contribution in [0.4, 0.5) is 5.69 Å². The third kappa shape index (κ3) is 4.49. The van der Waals surface area contributed by atoms with Crippen molar-refractivity contribution < 1.29 is 4.52 Å². The molecule has 0 spiro atoms. The van der Waals surface area contributed by atoms with Gasteiger partial charge in [0.15, 0.2) is 5.11 Å². The minimum atomic E-state index is -0.217. The molecule has 0 bridgehead atoms. The van der Waals surface area contributed by atoms with Crippen molar-refractivity contribution in [3.05, 3.63) is 101 Å². The minimum absolute atomic E-state index is 0.217. The molecule has 0 aliphatic carbocycles. The van der Waals surface area contributed by atoms with E-state index in [1.807, 2.05) is 41.3 Å². The van der Waals surface area contributed by atoms with Crippen LogP contribution in [0.25, 0.3) is 17.0 Å². The zero-order valence-corrected chi connectivity index (χ0v) is 21.7. The average molecular weight is 499 g/mol. The van der Waals surface area contributed by atoms with E-state index < -0.39 is 0 Å². The van der Waals surface area contributed by atoms with Crippen molar-refractivity contribution in [2.75, 3.05) is 11.2 Å². The number of rotatable bonds is 5. The number of nitrogens with one attached hydrogen (secondary N) is 1. The van der Waals surface area contributed by atoms with Crippen molar-refractivity contribution in [2.45, 2.75) is 31.7 Å². The molecule has 5 nitrogen and oxygen atoms in total. The molecule has 0 radical (unpaired) electrons. The predicted molar refractivity (Wildman–Crippen MR) is 147 cm³/mol. The molecular weight excluding hydrogens is 472 g/mol. The van der Waals surface area contributed by atoms with Crippen LogP contribution in [0.15, 0.2) is 87.9 Å². The van der Waals surface area contributed by atoms with Crippen molar-refractivity contribution >= 4 is 40.4 Å². The third-order valence-corrected chi connectivity index (χ3v) is 7.37. The Balaban J connectivity index is 1.67. The lowest BCUT2D eigenvalue weighted by Crippen LogP contribution is -2.46. The molecule has 5 rings (SSSR count). The van der Waals surface area contributed by atoms with Gasteiger partial charge in [-0.05, 0) is 74.1 Å². The second kappa shape index (κ2) is 9.68. The molecular formula is C28H26N4OS2. The van der Waals surface area contributed by atoms with Crippen LogP contribution in [0.3, 0.4) is 0 Å². The lowest BCUT2D eigenvalue weighted by molar-refractivity contribution is 0.404. The zero-order valence-electron chi connectivity index (χ0n) is 20.1. The van der Waals surface area contributed by atoms with Crippen LogP contribution in [0, 0.1) is 13.8 Å². The topological polar surface area (TPSA) is 54.2 Å². The minimum Gasteiger partial charge on any atom is -0.351 e. The first-order valence-electron chi connectivity index (χ1n) is 11.4. The molecule has 176 valence electrons. The highest BCUT2D eigenvalue weighted by Gasteiger charge is 2.35. The van der Waals surface area contributed by atoms with E-state index in [0.29, 0.717) is 16.8 Å². The molecule has 0 amide bonds. The van der Waals surface area contributed by atoms with E-state index in [2.05, 4.69) is 73.9 Å². The highest BCUT2D eigenvalue weighted by Crippen LogP contribution is 2.40. The highest BCUT2D eigenvalue weighted by molar-refractivity contribution is 7.98. The maximum Gasteiger partial charge on any atom is 0.258 e. The molecule has 0 fully saturated rings. The summed E-state index contributed by atoms with van der Waals surface area (Å²) in [5.41, 5.74) is 7.33. The molecule has 1 aromatic heterocycles. The van der Waals surface area contributed by atoms with Crippen LogP contribution in [0.5, 0.6) is 0 Å². The van der Waals surface area contributed by atoms with Crippen LogP contribution in [-0.4, -0.2) is 21.5 Å². The lowest BCUT2D eigenvalue weighted by Gasteiger charge is -2.37. The molecule has 3 aromatic carbocycles. The standard InChI is InChI=1S/C28H26N4OS2/c1-17-13-14-21(15-18(17)2)25-24(27-30-26(31-33-27)20-9-6-5-7-10-20)19(3)32(28(34)29-25)22-11-8-12-23(16-22)35-4/h5-16,25H,1-4H3,(H,29,34). The fourth-order valence-electron chi connectivity index (χ4n) is 4.31. The molecule has 1 atom stereocenters. The molecule has 1 N–H and O–H groups in total. The third-order valence-electron chi connectivity index (χ3n) is 6.35. The molecule has 1 aliphatic heterocycles. The Morgan fingerprint density at radius 1 is 0.943 bits per heavy atom. The summed E-state index contributed by atoms with van der Waals surface area (Å²) in [4.78, 5) is 8.02. The molecule has 0 saturated carbocycles. The first kappa shape index (κ1) is 23.3. The normalized spacial score (nSPS) is 15.9. The van der Waals surface area contributed by atoms with Gasteiger partial charge in [0.2, 0.25) is 5.82 Å². The molecule has 1 aliphatic rings. The van der Waals surface area contributed by atoms with E-state index in [4.69, 9.17) is 21.7 Å². The Kier molecular flexibility index (Phi) is 6.45. The van der Waals surface area contributed by atoms with E-state index in [-0.39, 0.29) is 6.04 Å². The number of hydrogen-bond acceptors (Lipinski definition) is 5. The van der Waals surface area contributed by atoms with Crippen LogP contribution in [0.2, 0.25) is 0 Å². The number of anilines is 1. The number of thioether (sulfide) groups is 1. The number of nitrogens with zero attached hydrogens (tertiary/aromatic N) is 3. The highest BCUT2D eigenvalue weighted by atomic mass is 32.2. The number of benzene rings is 3. The molecule has 7 heteroatoms. The molecule has 4 aromatic rings. The fourth-order valence-corrected chi connectivity index (χ4v) is 5.13. The maximum absolute atomic E-state index is 5.89. The Bertz CT molecular complexity index is 1430.